The maximum absolute atomic E-state index is 8.90. The smallest absolute Gasteiger partial charge is 0.0902 e. The second-order valence-electron chi connectivity index (χ2n) is 4.99. The molecule has 1 heterocycles. The molecular weight excluding hydrogens is 190 g/mol. The molecule has 0 saturated heterocycles. The summed E-state index contributed by atoms with van der Waals surface area (Å²) in [5.74, 6) is 0. The minimum Gasteiger partial charge on any atom is -0.411 e. The van der Waals surface area contributed by atoms with E-state index in [2.05, 4.69) is 31.0 Å². The summed E-state index contributed by atoms with van der Waals surface area (Å²) in [4.78, 5) is 0. The molecule has 0 radical (unpaired) electrons. The molecule has 0 amide bonds. The third-order valence-corrected chi connectivity index (χ3v) is 2.76. The van der Waals surface area contributed by atoms with E-state index in [-0.39, 0.29) is 5.54 Å². The summed E-state index contributed by atoms with van der Waals surface area (Å²) in [5.41, 5.74) is 2.97. The molecule has 2 rings (SSSR count). The molecule has 1 aromatic heterocycles. The Balaban J connectivity index is 2.52. The van der Waals surface area contributed by atoms with Gasteiger partial charge in [0.1, 0.15) is 0 Å². The zero-order chi connectivity index (χ0) is 11.1. The predicted molar refractivity (Wildman–Crippen MR) is 58.5 cm³/mol. The Kier molecular flexibility index (Phi) is 2.29. The minimum atomic E-state index is -0.00844. The number of hydrogen-bond donors (Lipinski definition) is 1. The second kappa shape index (κ2) is 3.36. The highest BCUT2D eigenvalue weighted by atomic mass is 16.4. The molecule has 0 atom stereocenters. The normalized spacial score (nSPS) is 19.3. The number of nitrogens with zero attached hydrogens (tertiary/aromatic N) is 3. The molecule has 82 valence electrons. The average molecular weight is 207 g/mol. The van der Waals surface area contributed by atoms with E-state index in [1.54, 1.807) is 0 Å². The molecule has 0 aliphatic heterocycles. The lowest BCUT2D eigenvalue weighted by molar-refractivity contribution is 0.316. The fourth-order valence-corrected chi connectivity index (χ4v) is 2.10. The summed E-state index contributed by atoms with van der Waals surface area (Å²) in [6.07, 6.45) is 4.72. The van der Waals surface area contributed by atoms with Crippen molar-refractivity contribution in [3.05, 3.63) is 17.5 Å². The van der Waals surface area contributed by atoms with Crippen LogP contribution in [0.1, 0.15) is 44.9 Å². The quantitative estimate of drug-likeness (QED) is 0.523. The highest BCUT2D eigenvalue weighted by Crippen LogP contribution is 2.26. The van der Waals surface area contributed by atoms with Crippen molar-refractivity contribution in [1.82, 2.24) is 9.78 Å². The van der Waals surface area contributed by atoms with E-state index in [0.29, 0.717) is 0 Å². The molecule has 0 spiro atoms. The lowest BCUT2D eigenvalue weighted by atomic mass is 9.95. The molecule has 0 bridgehead atoms. The molecule has 4 nitrogen and oxygen atoms in total. The number of hydrogen-bond acceptors (Lipinski definition) is 3. The van der Waals surface area contributed by atoms with E-state index in [1.165, 1.54) is 5.69 Å². The molecule has 0 fully saturated rings. The monoisotopic (exact) mass is 207 g/mol. The zero-order valence-corrected chi connectivity index (χ0v) is 9.49. The number of aromatic nitrogens is 2. The zero-order valence-electron chi connectivity index (χ0n) is 9.49. The van der Waals surface area contributed by atoms with Crippen molar-refractivity contribution in [2.45, 2.75) is 45.6 Å². The van der Waals surface area contributed by atoms with Crippen molar-refractivity contribution in [3.8, 4) is 0 Å². The maximum Gasteiger partial charge on any atom is 0.0902 e. The van der Waals surface area contributed by atoms with Crippen LogP contribution in [0.4, 0.5) is 0 Å². The summed E-state index contributed by atoms with van der Waals surface area (Å²) in [5, 5.41) is 16.6. The van der Waals surface area contributed by atoms with Crippen LogP contribution >= 0.6 is 0 Å². The Hall–Kier alpha value is -1.32. The Labute approximate surface area is 89.6 Å². The summed E-state index contributed by atoms with van der Waals surface area (Å²) in [6.45, 7) is 6.39. The molecule has 15 heavy (non-hydrogen) atoms. The SMILES string of the molecule is CC(C)(C)n1ncc2c1CCC/C2=N\O. The first-order chi connectivity index (χ1) is 7.04. The second-order valence-corrected chi connectivity index (χ2v) is 4.99. The van der Waals surface area contributed by atoms with E-state index in [4.69, 9.17) is 5.21 Å². The fourth-order valence-electron chi connectivity index (χ4n) is 2.10. The lowest BCUT2D eigenvalue weighted by Crippen LogP contribution is -2.27. The van der Waals surface area contributed by atoms with Crippen molar-refractivity contribution in [2.75, 3.05) is 0 Å². The van der Waals surface area contributed by atoms with Gasteiger partial charge in [0.15, 0.2) is 0 Å². The molecule has 1 aliphatic rings. The van der Waals surface area contributed by atoms with Crippen LogP contribution in [0.25, 0.3) is 0 Å². The number of oxime groups is 1. The van der Waals surface area contributed by atoms with Crippen LogP contribution in [0.3, 0.4) is 0 Å². The fraction of sp³-hybridized carbons (Fsp3) is 0.636. The van der Waals surface area contributed by atoms with Crippen molar-refractivity contribution >= 4 is 5.71 Å². The van der Waals surface area contributed by atoms with E-state index in [1.807, 2.05) is 10.9 Å². The molecule has 0 saturated carbocycles. The standard InChI is InChI=1S/C11H17N3O/c1-11(2,3)14-10-6-4-5-9(13-15)8(10)7-12-14/h7,15H,4-6H2,1-3H3/b13-9+. The van der Waals surface area contributed by atoms with E-state index < -0.39 is 0 Å². The molecule has 0 aromatic carbocycles. The first-order valence-electron chi connectivity index (χ1n) is 5.32. The van der Waals surface area contributed by atoms with Gasteiger partial charge in [0.05, 0.1) is 17.4 Å². The van der Waals surface area contributed by atoms with Gasteiger partial charge in [-0.25, -0.2) is 0 Å². The van der Waals surface area contributed by atoms with Gasteiger partial charge in [-0.2, -0.15) is 5.10 Å². The lowest BCUT2D eigenvalue weighted by Gasteiger charge is -2.24. The van der Waals surface area contributed by atoms with Gasteiger partial charge < -0.3 is 5.21 Å². The van der Waals surface area contributed by atoms with Crippen LogP contribution in [0.5, 0.6) is 0 Å². The van der Waals surface area contributed by atoms with Crippen LogP contribution < -0.4 is 0 Å². The summed E-state index contributed by atoms with van der Waals surface area (Å²) >= 11 is 0. The first kappa shape index (κ1) is 10.2. The summed E-state index contributed by atoms with van der Waals surface area (Å²) < 4.78 is 2.03. The highest BCUT2D eigenvalue weighted by Gasteiger charge is 2.25. The summed E-state index contributed by atoms with van der Waals surface area (Å²) in [6, 6.07) is 0. The molecule has 1 aromatic rings. The molecular formula is C11H17N3O. The van der Waals surface area contributed by atoms with E-state index in [9.17, 15) is 0 Å². The van der Waals surface area contributed by atoms with Crippen LogP contribution in [0.2, 0.25) is 0 Å². The molecule has 0 unspecified atom stereocenters. The minimum absolute atomic E-state index is 0.00844. The van der Waals surface area contributed by atoms with Crippen molar-refractivity contribution in [1.29, 1.82) is 0 Å². The van der Waals surface area contributed by atoms with Gasteiger partial charge >= 0.3 is 0 Å². The third kappa shape index (κ3) is 1.64. The van der Waals surface area contributed by atoms with Crippen molar-refractivity contribution in [2.24, 2.45) is 5.16 Å². The summed E-state index contributed by atoms with van der Waals surface area (Å²) in [7, 11) is 0. The van der Waals surface area contributed by atoms with Crippen LogP contribution in [0.15, 0.2) is 11.4 Å². The van der Waals surface area contributed by atoms with Crippen molar-refractivity contribution < 1.29 is 5.21 Å². The largest absolute Gasteiger partial charge is 0.411 e. The van der Waals surface area contributed by atoms with E-state index >= 15 is 0 Å². The Morgan fingerprint density at radius 2 is 2.13 bits per heavy atom. The molecule has 1 N–H and O–H groups in total. The Morgan fingerprint density at radius 1 is 1.40 bits per heavy atom. The van der Waals surface area contributed by atoms with Crippen LogP contribution in [-0.2, 0) is 12.0 Å². The Morgan fingerprint density at radius 3 is 2.73 bits per heavy atom. The van der Waals surface area contributed by atoms with Gasteiger partial charge in [0, 0.05) is 11.3 Å². The first-order valence-corrected chi connectivity index (χ1v) is 5.32. The maximum atomic E-state index is 8.90. The molecule has 4 heteroatoms. The van der Waals surface area contributed by atoms with Gasteiger partial charge in [-0.15, -0.1) is 0 Å². The molecule has 1 aliphatic carbocycles. The van der Waals surface area contributed by atoms with Crippen molar-refractivity contribution in [3.63, 3.8) is 0 Å². The van der Waals surface area contributed by atoms with Crippen LogP contribution in [0, 0.1) is 0 Å². The van der Waals surface area contributed by atoms with Gasteiger partial charge in [0.2, 0.25) is 0 Å². The van der Waals surface area contributed by atoms with Gasteiger partial charge in [0.25, 0.3) is 0 Å². The van der Waals surface area contributed by atoms with Gasteiger partial charge in [-0.3, -0.25) is 4.68 Å². The highest BCUT2D eigenvalue weighted by molar-refractivity contribution is 6.01. The topological polar surface area (TPSA) is 50.4 Å². The average Bonchev–Trinajstić information content (AvgIpc) is 2.59. The number of fused-ring (bicyclic) bond motifs is 1. The van der Waals surface area contributed by atoms with Gasteiger partial charge in [-0.1, -0.05) is 5.16 Å². The van der Waals surface area contributed by atoms with Gasteiger partial charge in [-0.05, 0) is 40.0 Å². The predicted octanol–water partition coefficient (Wildman–Crippen LogP) is 2.15. The van der Waals surface area contributed by atoms with E-state index in [0.717, 1.165) is 30.5 Å². The third-order valence-electron chi connectivity index (χ3n) is 2.76. The Bertz CT molecular complexity index is 398. The van der Waals surface area contributed by atoms with Crippen LogP contribution in [-0.4, -0.2) is 20.7 Å². The number of rotatable bonds is 0.